The fraction of sp³-hybridized carbons (Fsp3) is 0. The van der Waals surface area contributed by atoms with Gasteiger partial charge in [-0.2, -0.15) is 5.26 Å². The highest BCUT2D eigenvalue weighted by molar-refractivity contribution is 14.1. The number of nitriles is 1. The van der Waals surface area contributed by atoms with Gasteiger partial charge in [-0.15, -0.1) is 0 Å². The number of nitrogens with two attached hydrogens (primary N) is 1. The van der Waals surface area contributed by atoms with Crippen molar-refractivity contribution in [3.8, 4) is 6.07 Å². The minimum absolute atomic E-state index is 0.457. The molecular weight excluding hydrogens is 417 g/mol. The number of rotatable bonds is 2. The smallest absolute Gasteiger partial charge is 0.102 e. The monoisotopic (exact) mass is 425 g/mol. The third-order valence-corrected chi connectivity index (χ3v) is 4.00. The second kappa shape index (κ2) is 6.17. The highest BCUT2D eigenvalue weighted by atomic mass is 127. The fourth-order valence-electron chi connectivity index (χ4n) is 1.64. The van der Waals surface area contributed by atoms with Gasteiger partial charge in [0.25, 0.3) is 0 Å². The Bertz CT molecular complexity index is 675. The van der Waals surface area contributed by atoms with Crippen LogP contribution in [-0.2, 0) is 0 Å². The molecule has 0 amide bonds. The van der Waals surface area contributed by atoms with Gasteiger partial charge in [0.15, 0.2) is 0 Å². The zero-order valence-electron chi connectivity index (χ0n) is 9.77. The van der Waals surface area contributed by atoms with Gasteiger partial charge >= 0.3 is 0 Å². The zero-order valence-corrected chi connectivity index (χ0v) is 13.5. The Morgan fingerprint density at radius 2 is 1.95 bits per heavy atom. The summed E-state index contributed by atoms with van der Waals surface area (Å²) in [5, 5.41) is 9.35. The first-order chi connectivity index (χ1) is 9.13. The third kappa shape index (κ3) is 3.14. The van der Waals surface area contributed by atoms with Crippen molar-refractivity contribution in [3.05, 3.63) is 61.9 Å². The maximum atomic E-state index is 9.35. The molecule has 0 saturated carbocycles. The average molecular weight is 426 g/mol. The van der Waals surface area contributed by atoms with Gasteiger partial charge in [0.2, 0.25) is 0 Å². The minimum Gasteiger partial charge on any atom is -0.397 e. The molecule has 2 aromatic rings. The van der Waals surface area contributed by atoms with Gasteiger partial charge in [-0.3, -0.25) is 4.98 Å². The van der Waals surface area contributed by atoms with Crippen molar-refractivity contribution in [1.29, 1.82) is 5.26 Å². The zero-order chi connectivity index (χ0) is 13.8. The van der Waals surface area contributed by atoms with E-state index >= 15 is 0 Å². The lowest BCUT2D eigenvalue weighted by Crippen LogP contribution is -2.03. The Kier molecular flexibility index (Phi) is 4.56. The third-order valence-electron chi connectivity index (χ3n) is 2.57. The Labute approximate surface area is 133 Å². The molecule has 2 N–H and O–H groups in total. The van der Waals surface area contributed by atoms with Crippen molar-refractivity contribution in [1.82, 2.24) is 4.98 Å². The van der Waals surface area contributed by atoms with Gasteiger partial charge in [0.1, 0.15) is 6.07 Å². The number of halogens is 2. The molecule has 0 aliphatic rings. The van der Waals surface area contributed by atoms with Crippen molar-refractivity contribution >= 4 is 49.8 Å². The summed E-state index contributed by atoms with van der Waals surface area (Å²) in [5.74, 6) is 0. The molecule has 0 atom stereocenters. The highest BCUT2D eigenvalue weighted by Crippen LogP contribution is 2.27. The molecule has 0 aliphatic heterocycles. The van der Waals surface area contributed by atoms with Crippen LogP contribution >= 0.6 is 38.5 Å². The van der Waals surface area contributed by atoms with Crippen LogP contribution in [0.15, 0.2) is 47.2 Å². The second-order valence-corrected chi connectivity index (χ2v) is 5.84. The van der Waals surface area contributed by atoms with E-state index in [9.17, 15) is 5.26 Å². The summed E-state index contributed by atoms with van der Waals surface area (Å²) in [6.07, 6.45) is 3.29. The van der Waals surface area contributed by atoms with E-state index in [1.54, 1.807) is 24.5 Å². The van der Waals surface area contributed by atoms with E-state index in [1.807, 2.05) is 18.2 Å². The van der Waals surface area contributed by atoms with Crippen molar-refractivity contribution in [2.45, 2.75) is 0 Å². The Balaban J connectivity index is 2.62. The molecule has 5 heteroatoms. The van der Waals surface area contributed by atoms with Crippen molar-refractivity contribution in [2.75, 3.05) is 0 Å². The quantitative estimate of drug-likeness (QED) is 0.588. The van der Waals surface area contributed by atoms with Gasteiger partial charge in [-0.1, -0.05) is 15.9 Å². The second-order valence-electron chi connectivity index (χ2n) is 3.76. The average Bonchev–Trinajstić information content (AvgIpc) is 2.43. The van der Waals surface area contributed by atoms with Crippen LogP contribution in [0, 0.1) is 14.9 Å². The van der Waals surface area contributed by atoms with Crippen molar-refractivity contribution < 1.29 is 0 Å². The molecule has 1 heterocycles. The SMILES string of the molecule is N#C/C(=C(/N)c1cc(Br)ccc1I)c1ccncc1. The number of nitrogens with zero attached hydrogens (tertiary/aromatic N) is 2. The van der Waals surface area contributed by atoms with Gasteiger partial charge < -0.3 is 5.73 Å². The first-order valence-electron chi connectivity index (χ1n) is 5.39. The summed E-state index contributed by atoms with van der Waals surface area (Å²) >= 11 is 5.62. The van der Waals surface area contributed by atoms with Gasteiger partial charge in [0.05, 0.1) is 11.3 Å². The van der Waals surface area contributed by atoms with E-state index in [4.69, 9.17) is 5.73 Å². The van der Waals surface area contributed by atoms with Crippen LogP contribution in [0.3, 0.4) is 0 Å². The predicted molar refractivity (Wildman–Crippen MR) is 87.7 cm³/mol. The molecule has 0 unspecified atom stereocenters. The molecule has 2 rings (SSSR count). The van der Waals surface area contributed by atoms with E-state index < -0.39 is 0 Å². The maximum absolute atomic E-state index is 9.35. The molecule has 1 aromatic heterocycles. The molecule has 94 valence electrons. The summed E-state index contributed by atoms with van der Waals surface area (Å²) in [5.41, 5.74) is 8.71. The molecule has 3 nitrogen and oxygen atoms in total. The lowest BCUT2D eigenvalue weighted by Gasteiger charge is -2.09. The Morgan fingerprint density at radius 1 is 1.26 bits per heavy atom. The lowest BCUT2D eigenvalue weighted by molar-refractivity contribution is 1.31. The first kappa shape index (κ1) is 14.0. The maximum Gasteiger partial charge on any atom is 0.102 e. The highest BCUT2D eigenvalue weighted by Gasteiger charge is 2.11. The normalized spacial score (nSPS) is 11.6. The molecule has 0 radical (unpaired) electrons. The predicted octanol–water partition coefficient (Wildman–Crippen LogP) is 3.80. The summed E-state index contributed by atoms with van der Waals surface area (Å²) in [6, 6.07) is 11.5. The number of allylic oxidation sites excluding steroid dienone is 1. The van der Waals surface area contributed by atoms with Crippen molar-refractivity contribution in [2.24, 2.45) is 5.73 Å². The summed E-state index contributed by atoms with van der Waals surface area (Å²) in [4.78, 5) is 3.94. The molecule has 0 bridgehead atoms. The molecule has 0 saturated heterocycles. The molecule has 0 aliphatic carbocycles. The van der Waals surface area contributed by atoms with E-state index in [-0.39, 0.29) is 0 Å². The molecule has 19 heavy (non-hydrogen) atoms. The molecular formula is C14H9BrIN3. The summed E-state index contributed by atoms with van der Waals surface area (Å²) in [6.45, 7) is 0. The first-order valence-corrected chi connectivity index (χ1v) is 7.26. The van der Waals surface area contributed by atoms with Crippen LogP contribution < -0.4 is 5.73 Å². The Hall–Kier alpha value is -1.39. The number of pyridine rings is 1. The van der Waals surface area contributed by atoms with E-state index in [1.165, 1.54) is 0 Å². The van der Waals surface area contributed by atoms with Gasteiger partial charge in [-0.25, -0.2) is 0 Å². The van der Waals surface area contributed by atoms with Crippen LogP contribution in [0.5, 0.6) is 0 Å². The van der Waals surface area contributed by atoms with Crippen LogP contribution in [0.25, 0.3) is 11.3 Å². The van der Waals surface area contributed by atoms with Crippen LogP contribution in [0.2, 0.25) is 0 Å². The fourth-order valence-corrected chi connectivity index (χ4v) is 2.62. The molecule has 0 spiro atoms. The Morgan fingerprint density at radius 3 is 2.58 bits per heavy atom. The van der Waals surface area contributed by atoms with Crippen LogP contribution in [0.4, 0.5) is 0 Å². The van der Waals surface area contributed by atoms with Gasteiger partial charge in [0, 0.05) is 26.0 Å². The summed E-state index contributed by atoms with van der Waals surface area (Å²) in [7, 11) is 0. The number of benzene rings is 1. The number of hydrogen-bond acceptors (Lipinski definition) is 3. The number of hydrogen-bond donors (Lipinski definition) is 1. The molecule has 0 fully saturated rings. The van der Waals surface area contributed by atoms with Crippen LogP contribution in [-0.4, -0.2) is 4.98 Å². The number of aromatic nitrogens is 1. The van der Waals surface area contributed by atoms with E-state index in [2.05, 4.69) is 49.6 Å². The topological polar surface area (TPSA) is 62.7 Å². The van der Waals surface area contributed by atoms with Crippen molar-refractivity contribution in [3.63, 3.8) is 0 Å². The standard InChI is InChI=1S/C14H9BrIN3/c15-10-1-2-13(16)11(7-10)14(18)12(8-17)9-3-5-19-6-4-9/h1-7H,18H2/b14-12-. The van der Waals surface area contributed by atoms with E-state index in [0.29, 0.717) is 11.3 Å². The van der Waals surface area contributed by atoms with E-state index in [0.717, 1.165) is 19.2 Å². The van der Waals surface area contributed by atoms with Crippen LogP contribution in [0.1, 0.15) is 11.1 Å². The summed E-state index contributed by atoms with van der Waals surface area (Å²) < 4.78 is 1.93. The minimum atomic E-state index is 0.457. The molecule has 1 aromatic carbocycles. The largest absolute Gasteiger partial charge is 0.397 e. The lowest BCUT2D eigenvalue weighted by atomic mass is 10.0. The van der Waals surface area contributed by atoms with Gasteiger partial charge in [-0.05, 0) is 58.5 Å².